The van der Waals surface area contributed by atoms with E-state index >= 15 is 0 Å². The number of ether oxygens (including phenoxy) is 2. The number of aliphatic hydroxyl groups excluding tert-OH is 1. The molecule has 1 unspecified atom stereocenters. The number of hydrogen-bond acceptors (Lipinski definition) is 5. The number of nitrogens with zero attached hydrogens (tertiary/aromatic N) is 1. The normalized spacial score (nSPS) is 18.1. The quantitative estimate of drug-likeness (QED) is 0.334. The average Bonchev–Trinajstić information content (AvgIpc) is 3.05. The van der Waals surface area contributed by atoms with Crippen LogP contribution in [0.2, 0.25) is 0 Å². The Kier molecular flexibility index (Phi) is 7.82. The third-order valence-electron chi connectivity index (χ3n) is 5.86. The third kappa shape index (κ3) is 5.50. The van der Waals surface area contributed by atoms with Crippen molar-refractivity contribution in [3.05, 3.63) is 70.8 Å². The molecular weight excluding hydrogens is 430 g/mol. The highest BCUT2D eigenvalue weighted by Gasteiger charge is 2.45. The largest absolute Gasteiger partial charge is 0.507 e. The van der Waals surface area contributed by atoms with E-state index in [-0.39, 0.29) is 29.9 Å². The Hall–Kier alpha value is -3.12. The van der Waals surface area contributed by atoms with Gasteiger partial charge in [-0.2, -0.15) is 0 Å². The zero-order valence-electron chi connectivity index (χ0n) is 20.9. The Morgan fingerprint density at radius 2 is 1.76 bits per heavy atom. The summed E-state index contributed by atoms with van der Waals surface area (Å²) in [4.78, 5) is 27.6. The third-order valence-corrected chi connectivity index (χ3v) is 5.86. The summed E-state index contributed by atoms with van der Waals surface area (Å²) in [5, 5.41) is 11.3. The Morgan fingerprint density at radius 3 is 2.35 bits per heavy atom. The van der Waals surface area contributed by atoms with Gasteiger partial charge in [0.1, 0.15) is 11.5 Å². The molecule has 1 aliphatic heterocycles. The molecular formula is C28H35NO5. The van der Waals surface area contributed by atoms with Crippen molar-refractivity contribution in [3.63, 3.8) is 0 Å². The molecule has 6 heteroatoms. The maximum atomic E-state index is 13.1. The minimum absolute atomic E-state index is 0.0349. The topological polar surface area (TPSA) is 76.1 Å². The first-order chi connectivity index (χ1) is 16.0. The number of methoxy groups -OCH3 is 1. The molecule has 1 aliphatic rings. The molecule has 2 aromatic carbocycles. The lowest BCUT2D eigenvalue weighted by Gasteiger charge is -2.26. The van der Waals surface area contributed by atoms with Gasteiger partial charge < -0.3 is 19.5 Å². The fraction of sp³-hybridized carbons (Fsp3) is 0.429. The Labute approximate surface area is 202 Å². The minimum atomic E-state index is -0.704. The van der Waals surface area contributed by atoms with Gasteiger partial charge in [-0.25, -0.2) is 0 Å². The number of likely N-dealkylation sites (tertiary alicyclic amines) is 1. The molecule has 182 valence electrons. The maximum Gasteiger partial charge on any atom is 0.295 e. The van der Waals surface area contributed by atoms with Crippen molar-refractivity contribution in [1.82, 2.24) is 4.90 Å². The number of hydrogen-bond donors (Lipinski definition) is 1. The summed E-state index contributed by atoms with van der Waals surface area (Å²) in [6.07, 6.45) is 0. The number of aliphatic hydroxyl groups is 1. The molecule has 0 bridgehead atoms. The van der Waals surface area contributed by atoms with Crippen LogP contribution in [0.25, 0.3) is 5.76 Å². The van der Waals surface area contributed by atoms with Crippen LogP contribution in [0.15, 0.2) is 54.1 Å². The van der Waals surface area contributed by atoms with Gasteiger partial charge in [0.15, 0.2) is 0 Å². The summed E-state index contributed by atoms with van der Waals surface area (Å²) in [5.74, 6) is -0.613. The van der Waals surface area contributed by atoms with Crippen molar-refractivity contribution in [2.45, 2.75) is 46.1 Å². The molecule has 1 fully saturated rings. The first-order valence-electron chi connectivity index (χ1n) is 11.7. The summed E-state index contributed by atoms with van der Waals surface area (Å²) in [6, 6.07) is 14.1. The van der Waals surface area contributed by atoms with Crippen LogP contribution < -0.4 is 4.74 Å². The molecule has 1 heterocycles. The van der Waals surface area contributed by atoms with Gasteiger partial charge in [0.05, 0.1) is 24.8 Å². The van der Waals surface area contributed by atoms with Crippen LogP contribution in [0.3, 0.4) is 0 Å². The van der Waals surface area contributed by atoms with E-state index < -0.39 is 17.7 Å². The average molecular weight is 466 g/mol. The smallest absolute Gasteiger partial charge is 0.295 e. The number of carbonyl (C=O) groups is 2. The van der Waals surface area contributed by atoms with Crippen LogP contribution in [-0.4, -0.2) is 48.6 Å². The Balaban J connectivity index is 2.09. The number of Topliss-reactive ketones (excluding diaryl/α,β-unsaturated/α-hetero) is 1. The summed E-state index contributed by atoms with van der Waals surface area (Å²) < 4.78 is 11.0. The lowest BCUT2D eigenvalue weighted by molar-refractivity contribution is -0.140. The number of ketones is 1. The highest BCUT2D eigenvalue weighted by atomic mass is 16.5. The summed E-state index contributed by atoms with van der Waals surface area (Å²) in [7, 11) is 1.55. The van der Waals surface area contributed by atoms with Crippen molar-refractivity contribution in [2.75, 3.05) is 26.9 Å². The predicted octanol–water partition coefficient (Wildman–Crippen LogP) is 5.09. The lowest BCUT2D eigenvalue weighted by Crippen LogP contribution is -2.32. The van der Waals surface area contributed by atoms with E-state index in [4.69, 9.17) is 9.47 Å². The van der Waals surface area contributed by atoms with Crippen LogP contribution in [0, 0.1) is 5.92 Å². The molecule has 2 aromatic rings. The van der Waals surface area contributed by atoms with Crippen molar-refractivity contribution >= 4 is 17.4 Å². The van der Waals surface area contributed by atoms with Crippen molar-refractivity contribution in [3.8, 4) is 5.75 Å². The van der Waals surface area contributed by atoms with E-state index in [0.717, 1.165) is 11.1 Å². The molecule has 0 aliphatic carbocycles. The second-order valence-corrected chi connectivity index (χ2v) is 10.1. The summed E-state index contributed by atoms with van der Waals surface area (Å²) >= 11 is 0. The molecule has 0 aromatic heterocycles. The molecule has 1 N–H and O–H groups in total. The number of benzene rings is 2. The highest BCUT2D eigenvalue weighted by Crippen LogP contribution is 2.40. The Bertz CT molecular complexity index is 1060. The monoisotopic (exact) mass is 465 g/mol. The van der Waals surface area contributed by atoms with E-state index in [1.807, 2.05) is 24.3 Å². The van der Waals surface area contributed by atoms with Gasteiger partial charge >= 0.3 is 0 Å². The maximum absolute atomic E-state index is 13.1. The minimum Gasteiger partial charge on any atom is -0.507 e. The summed E-state index contributed by atoms with van der Waals surface area (Å²) in [5.41, 5.74) is 2.37. The first kappa shape index (κ1) is 25.5. The van der Waals surface area contributed by atoms with Crippen molar-refractivity contribution < 1.29 is 24.2 Å². The molecule has 0 spiro atoms. The first-order valence-corrected chi connectivity index (χ1v) is 11.7. The Morgan fingerprint density at radius 1 is 1.09 bits per heavy atom. The fourth-order valence-electron chi connectivity index (χ4n) is 3.96. The molecule has 34 heavy (non-hydrogen) atoms. The zero-order chi connectivity index (χ0) is 25.0. The second kappa shape index (κ2) is 10.4. The molecule has 0 saturated carbocycles. The molecule has 1 amide bonds. The van der Waals surface area contributed by atoms with Gasteiger partial charge in [0.25, 0.3) is 11.7 Å². The van der Waals surface area contributed by atoms with E-state index in [9.17, 15) is 14.7 Å². The molecule has 1 atom stereocenters. The van der Waals surface area contributed by atoms with E-state index in [2.05, 4.69) is 34.6 Å². The SMILES string of the molecule is COCCN1C(=O)C(=O)/C(=C(\O)c2cccc(OCC(C)C)c2)C1c1ccc(C(C)(C)C)cc1. The van der Waals surface area contributed by atoms with E-state index in [0.29, 0.717) is 23.8 Å². The van der Waals surface area contributed by atoms with E-state index in [1.165, 1.54) is 4.90 Å². The summed E-state index contributed by atoms with van der Waals surface area (Å²) in [6.45, 7) is 11.5. The van der Waals surface area contributed by atoms with Crippen molar-refractivity contribution in [2.24, 2.45) is 5.92 Å². The number of carbonyl (C=O) groups excluding carboxylic acids is 2. The van der Waals surface area contributed by atoms with Crippen LogP contribution in [0.1, 0.15) is 57.4 Å². The van der Waals surface area contributed by atoms with Gasteiger partial charge in [-0.1, -0.05) is 71.0 Å². The van der Waals surface area contributed by atoms with Crippen LogP contribution in [0.4, 0.5) is 0 Å². The van der Waals surface area contributed by atoms with Crippen molar-refractivity contribution in [1.29, 1.82) is 0 Å². The molecule has 0 radical (unpaired) electrons. The fourth-order valence-corrected chi connectivity index (χ4v) is 3.96. The highest BCUT2D eigenvalue weighted by molar-refractivity contribution is 6.46. The molecule has 6 nitrogen and oxygen atoms in total. The predicted molar refractivity (Wildman–Crippen MR) is 133 cm³/mol. The number of rotatable bonds is 8. The zero-order valence-corrected chi connectivity index (χ0v) is 20.9. The van der Waals surface area contributed by atoms with Crippen LogP contribution >= 0.6 is 0 Å². The van der Waals surface area contributed by atoms with Gasteiger partial charge in [-0.3, -0.25) is 9.59 Å². The van der Waals surface area contributed by atoms with Crippen LogP contribution in [0.5, 0.6) is 5.75 Å². The van der Waals surface area contributed by atoms with Gasteiger partial charge in [-0.05, 0) is 34.6 Å². The number of amides is 1. The van der Waals surface area contributed by atoms with Gasteiger partial charge in [-0.15, -0.1) is 0 Å². The van der Waals surface area contributed by atoms with Crippen LogP contribution in [-0.2, 0) is 19.7 Å². The second-order valence-electron chi connectivity index (χ2n) is 10.1. The van der Waals surface area contributed by atoms with Gasteiger partial charge in [0, 0.05) is 19.2 Å². The molecule has 3 rings (SSSR count). The van der Waals surface area contributed by atoms with E-state index in [1.54, 1.807) is 31.4 Å². The lowest BCUT2D eigenvalue weighted by atomic mass is 9.85. The standard InChI is InChI=1S/C28H35NO5/c1-18(2)17-34-22-9-7-8-20(16-22)25(30)23-24(29(14-15-33-6)27(32)26(23)31)19-10-12-21(13-11-19)28(3,4)5/h7-13,16,18,24,30H,14-15,17H2,1-6H3/b25-23-. The van der Waals surface area contributed by atoms with Gasteiger partial charge in [0.2, 0.25) is 0 Å². The molecule has 1 saturated heterocycles.